The molecule has 0 bridgehead atoms. The molecule has 2 amide bonds. The van der Waals surface area contributed by atoms with Gasteiger partial charge in [-0.3, -0.25) is 9.59 Å². The van der Waals surface area contributed by atoms with Crippen LogP contribution in [0.2, 0.25) is 0 Å². The maximum atomic E-state index is 11.3. The predicted molar refractivity (Wildman–Crippen MR) is 96.3 cm³/mol. The zero-order valence-corrected chi connectivity index (χ0v) is 16.3. The fraction of sp³-hybridized carbons (Fsp3) is 0.889. The summed E-state index contributed by atoms with van der Waals surface area (Å²) in [5, 5.41) is 23.7. The first-order valence-corrected chi connectivity index (χ1v) is 9.20. The first-order chi connectivity index (χ1) is 12.2. The molecule has 2 heterocycles. The highest BCUT2D eigenvalue weighted by atomic mass is 16.5. The van der Waals surface area contributed by atoms with Crippen LogP contribution in [0, 0.1) is 23.2 Å². The van der Waals surface area contributed by atoms with Crippen LogP contribution in [0.25, 0.3) is 0 Å². The van der Waals surface area contributed by atoms with E-state index < -0.39 is 0 Å². The summed E-state index contributed by atoms with van der Waals surface area (Å²) in [5.74, 6) is 0.0908. The van der Waals surface area contributed by atoms with Crippen molar-refractivity contribution in [3.8, 4) is 0 Å². The molecule has 0 radical (unpaired) electrons. The Kier molecular flexibility index (Phi) is 9.49. The molecule has 2 aliphatic rings. The van der Waals surface area contributed by atoms with Crippen molar-refractivity contribution in [2.24, 2.45) is 23.2 Å². The Morgan fingerprint density at radius 2 is 1.65 bits per heavy atom. The molecule has 0 aromatic heterocycles. The Labute approximate surface area is 155 Å². The molecule has 0 spiro atoms. The number of ether oxygens (including phenoxy) is 2. The van der Waals surface area contributed by atoms with Gasteiger partial charge in [-0.05, 0) is 0 Å². The van der Waals surface area contributed by atoms with Gasteiger partial charge in [0.05, 0.1) is 51.1 Å². The summed E-state index contributed by atoms with van der Waals surface area (Å²) < 4.78 is 10.2. The van der Waals surface area contributed by atoms with E-state index in [1.807, 2.05) is 27.7 Å². The van der Waals surface area contributed by atoms with Gasteiger partial charge in [-0.2, -0.15) is 0 Å². The maximum Gasteiger partial charge on any atom is 0.222 e. The van der Waals surface area contributed by atoms with E-state index >= 15 is 0 Å². The Morgan fingerprint density at radius 3 is 2.08 bits per heavy atom. The van der Waals surface area contributed by atoms with E-state index in [4.69, 9.17) is 19.7 Å². The summed E-state index contributed by atoms with van der Waals surface area (Å²) in [6, 6.07) is -0.0140. The van der Waals surface area contributed by atoms with Crippen molar-refractivity contribution in [3.63, 3.8) is 0 Å². The third-order valence-corrected chi connectivity index (χ3v) is 4.60. The molecule has 0 saturated carbocycles. The van der Waals surface area contributed by atoms with Crippen molar-refractivity contribution >= 4 is 11.8 Å². The highest BCUT2D eigenvalue weighted by Crippen LogP contribution is 2.25. The van der Waals surface area contributed by atoms with Gasteiger partial charge in [0.25, 0.3) is 0 Å². The molecule has 152 valence electrons. The molecular weight excluding hydrogens is 340 g/mol. The van der Waals surface area contributed by atoms with Crippen LogP contribution < -0.4 is 10.6 Å². The summed E-state index contributed by atoms with van der Waals surface area (Å²) in [7, 11) is 0. The van der Waals surface area contributed by atoms with E-state index in [0.29, 0.717) is 33.0 Å². The largest absolute Gasteiger partial charge is 0.396 e. The first kappa shape index (κ1) is 22.8. The summed E-state index contributed by atoms with van der Waals surface area (Å²) in [4.78, 5) is 22.5. The molecule has 0 aromatic carbocycles. The fourth-order valence-corrected chi connectivity index (χ4v) is 2.41. The van der Waals surface area contributed by atoms with Gasteiger partial charge in [0.2, 0.25) is 11.8 Å². The number of hydrogen-bond acceptors (Lipinski definition) is 6. The Balaban J connectivity index is 0.000000260. The fourth-order valence-electron chi connectivity index (χ4n) is 2.41. The number of rotatable bonds is 7. The number of hydrogen-bond donors (Lipinski definition) is 4. The lowest BCUT2D eigenvalue weighted by atomic mass is 9.87. The van der Waals surface area contributed by atoms with Crippen molar-refractivity contribution < 1.29 is 29.3 Å². The summed E-state index contributed by atoms with van der Waals surface area (Å²) in [5.41, 5.74) is -0.218. The Hall–Kier alpha value is -1.22. The zero-order chi connectivity index (χ0) is 19.7. The van der Waals surface area contributed by atoms with E-state index in [1.54, 1.807) is 0 Å². The standard InChI is InChI=1S/2C9H17NO3/c1-7(2)8(12)10-3-9(4-11)5-13-6-9;1-6(2)9(12)10-8-5-13-4-7(8)3-11/h7,11H,3-6H2,1-2H3,(H,10,12);6-8,11H,3-5H2,1-2H3,(H,10,12). The van der Waals surface area contributed by atoms with Crippen LogP contribution in [0.15, 0.2) is 0 Å². The summed E-state index contributed by atoms with van der Waals surface area (Å²) in [6.45, 7) is 10.2. The minimum Gasteiger partial charge on any atom is -0.396 e. The van der Waals surface area contributed by atoms with Crippen LogP contribution in [-0.2, 0) is 19.1 Å². The number of carbonyl (C=O) groups is 2. The number of carbonyl (C=O) groups excluding carboxylic acids is 2. The number of nitrogens with one attached hydrogen (secondary N) is 2. The van der Waals surface area contributed by atoms with Crippen molar-refractivity contribution in [2.75, 3.05) is 46.2 Å². The highest BCUT2D eigenvalue weighted by Gasteiger charge is 2.38. The zero-order valence-electron chi connectivity index (χ0n) is 16.3. The number of aliphatic hydroxyl groups is 2. The monoisotopic (exact) mass is 374 g/mol. The van der Waals surface area contributed by atoms with E-state index in [-0.39, 0.29) is 54.2 Å². The lowest BCUT2D eigenvalue weighted by Crippen LogP contribution is -2.53. The van der Waals surface area contributed by atoms with Crippen LogP contribution in [0.3, 0.4) is 0 Å². The molecule has 26 heavy (non-hydrogen) atoms. The maximum absolute atomic E-state index is 11.3. The Bertz CT molecular complexity index is 445. The van der Waals surface area contributed by atoms with Gasteiger partial charge in [0, 0.05) is 24.3 Å². The number of amides is 2. The van der Waals surface area contributed by atoms with Gasteiger partial charge < -0.3 is 30.3 Å². The number of aliphatic hydroxyl groups excluding tert-OH is 2. The van der Waals surface area contributed by atoms with Gasteiger partial charge in [-0.25, -0.2) is 0 Å². The normalized spacial score (nSPS) is 23.8. The first-order valence-electron chi connectivity index (χ1n) is 9.20. The molecule has 2 rings (SSSR count). The van der Waals surface area contributed by atoms with Crippen LogP contribution in [0.5, 0.6) is 0 Å². The third kappa shape index (κ3) is 6.83. The van der Waals surface area contributed by atoms with Crippen LogP contribution in [0.4, 0.5) is 0 Å². The van der Waals surface area contributed by atoms with Crippen molar-refractivity contribution in [2.45, 2.75) is 33.7 Å². The van der Waals surface area contributed by atoms with E-state index in [2.05, 4.69) is 10.6 Å². The van der Waals surface area contributed by atoms with Gasteiger partial charge in [0.15, 0.2) is 0 Å². The second kappa shape index (κ2) is 10.8. The SMILES string of the molecule is CC(C)C(=O)NC1COCC1CO.CC(C)C(=O)NCC1(CO)COC1. The van der Waals surface area contributed by atoms with Crippen LogP contribution in [-0.4, -0.2) is 74.3 Å². The summed E-state index contributed by atoms with van der Waals surface area (Å²) >= 11 is 0. The van der Waals surface area contributed by atoms with Crippen molar-refractivity contribution in [1.82, 2.24) is 10.6 Å². The molecule has 8 heteroatoms. The summed E-state index contributed by atoms with van der Waals surface area (Å²) in [6.07, 6.45) is 0. The molecule has 4 N–H and O–H groups in total. The molecule has 2 fully saturated rings. The minimum absolute atomic E-state index is 0.00302. The predicted octanol–water partition coefficient (Wildman–Crippen LogP) is -0.467. The minimum atomic E-state index is -0.218. The van der Waals surface area contributed by atoms with Crippen LogP contribution >= 0.6 is 0 Å². The topological polar surface area (TPSA) is 117 Å². The third-order valence-electron chi connectivity index (χ3n) is 4.60. The molecule has 2 saturated heterocycles. The van der Waals surface area contributed by atoms with Gasteiger partial charge in [-0.1, -0.05) is 27.7 Å². The molecule has 2 atom stereocenters. The Morgan fingerprint density at radius 1 is 1.04 bits per heavy atom. The molecule has 2 aliphatic heterocycles. The molecular formula is C18H34N2O6. The lowest BCUT2D eigenvalue weighted by molar-refractivity contribution is -0.141. The van der Waals surface area contributed by atoms with E-state index in [0.717, 1.165) is 0 Å². The highest BCUT2D eigenvalue weighted by molar-refractivity contribution is 5.78. The van der Waals surface area contributed by atoms with E-state index in [9.17, 15) is 9.59 Å². The quantitative estimate of drug-likeness (QED) is 0.479. The molecule has 8 nitrogen and oxygen atoms in total. The average molecular weight is 374 g/mol. The second-order valence-electron chi connectivity index (χ2n) is 7.77. The molecule has 0 aromatic rings. The van der Waals surface area contributed by atoms with Gasteiger partial charge >= 0.3 is 0 Å². The van der Waals surface area contributed by atoms with Gasteiger partial charge in [0.1, 0.15) is 0 Å². The smallest absolute Gasteiger partial charge is 0.222 e. The average Bonchev–Trinajstić information content (AvgIpc) is 3.01. The van der Waals surface area contributed by atoms with E-state index in [1.165, 1.54) is 0 Å². The second-order valence-corrected chi connectivity index (χ2v) is 7.77. The van der Waals surface area contributed by atoms with Crippen molar-refractivity contribution in [3.05, 3.63) is 0 Å². The lowest BCUT2D eigenvalue weighted by Gasteiger charge is -2.39. The molecule has 2 unspecified atom stereocenters. The molecule has 0 aliphatic carbocycles. The van der Waals surface area contributed by atoms with Gasteiger partial charge in [-0.15, -0.1) is 0 Å². The van der Waals surface area contributed by atoms with Crippen molar-refractivity contribution in [1.29, 1.82) is 0 Å². The van der Waals surface area contributed by atoms with Crippen LogP contribution in [0.1, 0.15) is 27.7 Å².